The Bertz CT molecular complexity index is 727. The Morgan fingerprint density at radius 2 is 1.74 bits per heavy atom. The molecule has 5 nitrogen and oxygen atoms in total. The number of carbonyl (C=O) groups excluding carboxylic acids is 2. The minimum atomic E-state index is -0.298. The number of anilines is 1. The lowest BCUT2D eigenvalue weighted by atomic mass is 10.1. The maximum Gasteiger partial charge on any atom is 0.271 e. The molecular weight excluding hydrogens is 310 g/mol. The second-order valence-corrected chi connectivity index (χ2v) is 7.59. The number of amides is 2. The van der Waals surface area contributed by atoms with E-state index in [1.165, 1.54) is 18.3 Å². The van der Waals surface area contributed by atoms with Crippen molar-refractivity contribution in [3.05, 3.63) is 34.8 Å². The summed E-state index contributed by atoms with van der Waals surface area (Å²) in [5, 5.41) is 6.44. The first-order valence-corrected chi connectivity index (χ1v) is 8.15. The Hall–Kier alpha value is -2.21. The molecule has 2 rings (SSSR count). The summed E-state index contributed by atoms with van der Waals surface area (Å²) in [6.45, 7) is 9.18. The number of thiazole rings is 1. The van der Waals surface area contributed by atoms with Crippen LogP contribution in [-0.2, 0) is 4.79 Å². The van der Waals surface area contributed by atoms with Crippen LogP contribution in [0.4, 0.5) is 5.69 Å². The van der Waals surface area contributed by atoms with Gasteiger partial charge in [-0.2, -0.15) is 0 Å². The first-order valence-electron chi connectivity index (χ1n) is 7.34. The highest BCUT2D eigenvalue weighted by Gasteiger charge is 2.20. The van der Waals surface area contributed by atoms with Gasteiger partial charge in [0.25, 0.3) is 5.91 Å². The molecule has 1 aromatic heterocycles. The van der Waals surface area contributed by atoms with Crippen LogP contribution in [0, 0.1) is 6.92 Å². The fraction of sp³-hybridized carbons (Fsp3) is 0.353. The van der Waals surface area contributed by atoms with Crippen LogP contribution in [0.2, 0.25) is 0 Å². The molecule has 122 valence electrons. The summed E-state index contributed by atoms with van der Waals surface area (Å²) in [6.07, 6.45) is 0. The van der Waals surface area contributed by atoms with Crippen molar-refractivity contribution < 1.29 is 9.59 Å². The van der Waals surface area contributed by atoms with Crippen LogP contribution in [0.3, 0.4) is 0 Å². The first kappa shape index (κ1) is 17.1. The number of rotatable bonds is 3. The highest BCUT2D eigenvalue weighted by atomic mass is 32.1. The number of hydrogen-bond acceptors (Lipinski definition) is 4. The molecule has 0 saturated carbocycles. The van der Waals surface area contributed by atoms with Gasteiger partial charge >= 0.3 is 0 Å². The van der Waals surface area contributed by atoms with Crippen molar-refractivity contribution in [1.29, 1.82) is 0 Å². The van der Waals surface area contributed by atoms with E-state index in [2.05, 4.69) is 15.6 Å². The van der Waals surface area contributed by atoms with E-state index in [0.717, 1.165) is 21.1 Å². The van der Waals surface area contributed by atoms with Crippen LogP contribution in [0.5, 0.6) is 0 Å². The molecule has 0 atom stereocenters. The molecule has 0 radical (unpaired) electrons. The summed E-state index contributed by atoms with van der Waals surface area (Å²) in [5.74, 6) is -0.267. The fourth-order valence-electron chi connectivity index (χ4n) is 2.03. The van der Waals surface area contributed by atoms with Crippen LogP contribution in [-0.4, -0.2) is 22.3 Å². The monoisotopic (exact) mass is 331 g/mol. The molecule has 0 aliphatic heterocycles. The van der Waals surface area contributed by atoms with Gasteiger partial charge < -0.3 is 10.6 Å². The summed E-state index contributed by atoms with van der Waals surface area (Å²) < 4.78 is 0. The molecule has 0 aliphatic rings. The number of carbonyl (C=O) groups is 2. The van der Waals surface area contributed by atoms with Crippen molar-refractivity contribution in [1.82, 2.24) is 10.3 Å². The molecule has 0 unspecified atom stereocenters. The van der Waals surface area contributed by atoms with Gasteiger partial charge in [-0.3, -0.25) is 9.59 Å². The highest BCUT2D eigenvalue weighted by molar-refractivity contribution is 7.15. The molecule has 0 spiro atoms. The lowest BCUT2D eigenvalue weighted by Crippen LogP contribution is -2.40. The normalized spacial score (nSPS) is 11.2. The molecule has 1 heterocycles. The number of aromatic nitrogens is 1. The van der Waals surface area contributed by atoms with E-state index < -0.39 is 0 Å². The van der Waals surface area contributed by atoms with Crippen molar-refractivity contribution in [2.45, 2.75) is 40.2 Å². The van der Waals surface area contributed by atoms with Crippen molar-refractivity contribution in [3.8, 4) is 10.6 Å². The predicted molar refractivity (Wildman–Crippen MR) is 93.8 cm³/mol. The summed E-state index contributed by atoms with van der Waals surface area (Å²) in [7, 11) is 0. The van der Waals surface area contributed by atoms with Gasteiger partial charge in [0.1, 0.15) is 10.7 Å². The molecule has 0 saturated heterocycles. The molecule has 0 aliphatic carbocycles. The molecule has 6 heteroatoms. The average molecular weight is 331 g/mol. The average Bonchev–Trinajstić information content (AvgIpc) is 2.79. The molecule has 0 fully saturated rings. The van der Waals surface area contributed by atoms with Crippen molar-refractivity contribution >= 4 is 28.8 Å². The van der Waals surface area contributed by atoms with Gasteiger partial charge in [0, 0.05) is 28.6 Å². The zero-order valence-electron chi connectivity index (χ0n) is 14.0. The van der Waals surface area contributed by atoms with Crippen molar-refractivity contribution in [3.63, 3.8) is 0 Å². The van der Waals surface area contributed by atoms with Gasteiger partial charge in [0.05, 0.1) is 0 Å². The van der Waals surface area contributed by atoms with Gasteiger partial charge in [0.2, 0.25) is 5.91 Å². The minimum absolute atomic E-state index is 0.107. The predicted octanol–water partition coefficient (Wildman–Crippen LogP) is 3.61. The van der Waals surface area contributed by atoms with Crippen LogP contribution in [0.1, 0.15) is 43.1 Å². The van der Waals surface area contributed by atoms with Gasteiger partial charge in [0.15, 0.2) is 0 Å². The minimum Gasteiger partial charge on any atom is -0.346 e. The van der Waals surface area contributed by atoms with Gasteiger partial charge in [-0.05, 0) is 52.0 Å². The Morgan fingerprint density at radius 1 is 1.13 bits per heavy atom. The van der Waals surface area contributed by atoms with Gasteiger partial charge in [-0.15, -0.1) is 11.3 Å². The number of nitrogens with one attached hydrogen (secondary N) is 2. The molecule has 2 amide bonds. The van der Waals surface area contributed by atoms with E-state index >= 15 is 0 Å². The Labute approximate surface area is 140 Å². The lowest BCUT2D eigenvalue weighted by molar-refractivity contribution is -0.114. The van der Waals surface area contributed by atoms with Crippen LogP contribution >= 0.6 is 11.3 Å². The van der Waals surface area contributed by atoms with E-state index in [4.69, 9.17) is 0 Å². The molecule has 2 aromatic rings. The van der Waals surface area contributed by atoms with Crippen molar-refractivity contribution in [2.75, 3.05) is 5.32 Å². The maximum atomic E-state index is 12.3. The summed E-state index contributed by atoms with van der Waals surface area (Å²) >= 11 is 1.48. The molecule has 1 aromatic carbocycles. The summed E-state index contributed by atoms with van der Waals surface area (Å²) in [6, 6.07) is 7.41. The van der Waals surface area contributed by atoms with E-state index in [1.54, 1.807) is 0 Å². The number of aryl methyl sites for hydroxylation is 1. The SMILES string of the molecule is CC(=O)Nc1ccc(-c2nc(C(=O)NC(C)(C)C)c(C)s2)cc1. The fourth-order valence-corrected chi connectivity index (χ4v) is 2.95. The van der Waals surface area contributed by atoms with E-state index in [0.29, 0.717) is 5.69 Å². The van der Waals surface area contributed by atoms with Crippen LogP contribution in [0.25, 0.3) is 10.6 Å². The Morgan fingerprint density at radius 3 is 2.26 bits per heavy atom. The molecular formula is C17H21N3O2S. The Balaban J connectivity index is 2.23. The Kier molecular flexibility index (Phi) is 4.85. The zero-order chi connectivity index (χ0) is 17.2. The lowest BCUT2D eigenvalue weighted by Gasteiger charge is -2.19. The number of nitrogens with zero attached hydrogens (tertiary/aromatic N) is 1. The summed E-state index contributed by atoms with van der Waals surface area (Å²) in [4.78, 5) is 28.7. The standard InChI is InChI=1S/C17H21N3O2S/c1-10-14(15(22)20-17(3,4)5)19-16(23-10)12-6-8-13(9-7-12)18-11(2)21/h6-9H,1-5H3,(H,18,21)(H,20,22). The van der Waals surface area contributed by atoms with Crippen molar-refractivity contribution in [2.24, 2.45) is 0 Å². The molecule has 2 N–H and O–H groups in total. The quantitative estimate of drug-likeness (QED) is 0.902. The first-order chi connectivity index (χ1) is 10.7. The second-order valence-electron chi connectivity index (χ2n) is 6.39. The maximum absolute atomic E-state index is 12.3. The third kappa shape index (κ3) is 4.63. The number of hydrogen-bond donors (Lipinski definition) is 2. The smallest absolute Gasteiger partial charge is 0.271 e. The van der Waals surface area contributed by atoms with Gasteiger partial charge in [-0.25, -0.2) is 4.98 Å². The molecule has 0 bridgehead atoms. The molecule has 23 heavy (non-hydrogen) atoms. The van der Waals surface area contributed by atoms with Crippen LogP contribution in [0.15, 0.2) is 24.3 Å². The second kappa shape index (κ2) is 6.50. The zero-order valence-corrected chi connectivity index (χ0v) is 14.8. The van der Waals surface area contributed by atoms with Gasteiger partial charge in [-0.1, -0.05) is 0 Å². The summed E-state index contributed by atoms with van der Waals surface area (Å²) in [5.41, 5.74) is 1.82. The third-order valence-corrected chi connectivity index (χ3v) is 3.97. The third-order valence-electron chi connectivity index (χ3n) is 2.95. The highest BCUT2D eigenvalue weighted by Crippen LogP contribution is 2.28. The topological polar surface area (TPSA) is 71.1 Å². The van der Waals surface area contributed by atoms with Crippen LogP contribution < -0.4 is 10.6 Å². The largest absolute Gasteiger partial charge is 0.346 e. The number of benzene rings is 1. The van der Waals surface area contributed by atoms with E-state index in [1.807, 2.05) is 52.0 Å². The van der Waals surface area contributed by atoms with E-state index in [9.17, 15) is 9.59 Å². The van der Waals surface area contributed by atoms with E-state index in [-0.39, 0.29) is 17.4 Å².